The summed E-state index contributed by atoms with van der Waals surface area (Å²) in [6, 6.07) is 5.11. The normalized spacial score (nSPS) is 17.2. The molecule has 4 N–H and O–H groups in total. The molecular formula is C17H26ClFN4O2. The third kappa shape index (κ3) is 6.17. The van der Waals surface area contributed by atoms with Crippen LogP contribution in [0.15, 0.2) is 24.3 Å². The molecule has 1 aromatic rings. The molecule has 2 rings (SSSR count). The molecule has 1 aliphatic heterocycles. The van der Waals surface area contributed by atoms with Gasteiger partial charge in [0.1, 0.15) is 5.82 Å². The number of hydrogen-bond acceptors (Lipinski definition) is 3. The summed E-state index contributed by atoms with van der Waals surface area (Å²) in [5, 5.41) is 5.56. The monoisotopic (exact) mass is 372 g/mol. The molecule has 2 atom stereocenters. The quantitative estimate of drug-likeness (QED) is 0.758. The van der Waals surface area contributed by atoms with Crippen molar-refractivity contribution in [3.63, 3.8) is 0 Å². The highest BCUT2D eigenvalue weighted by molar-refractivity contribution is 5.89. The summed E-state index contributed by atoms with van der Waals surface area (Å²) in [6.45, 7) is 4.89. The van der Waals surface area contributed by atoms with Crippen LogP contribution in [0, 0.1) is 11.7 Å². The number of hydrogen-bond donors (Lipinski definition) is 3. The van der Waals surface area contributed by atoms with Gasteiger partial charge in [-0.1, -0.05) is 6.92 Å². The van der Waals surface area contributed by atoms with E-state index in [1.54, 1.807) is 0 Å². The van der Waals surface area contributed by atoms with Crippen LogP contribution in [0.3, 0.4) is 0 Å². The van der Waals surface area contributed by atoms with Crippen molar-refractivity contribution in [2.75, 3.05) is 18.4 Å². The first kappa shape index (κ1) is 21.2. The summed E-state index contributed by atoms with van der Waals surface area (Å²) in [6.07, 6.45) is 1.41. The lowest BCUT2D eigenvalue weighted by molar-refractivity contribution is -0.136. The minimum atomic E-state index is -0.348. The number of halogens is 2. The van der Waals surface area contributed by atoms with Crippen LogP contribution in [0.5, 0.6) is 0 Å². The van der Waals surface area contributed by atoms with Crippen LogP contribution < -0.4 is 16.4 Å². The number of nitrogens with two attached hydrogens (primary N) is 1. The Labute approximate surface area is 153 Å². The Bertz CT molecular complexity index is 575. The molecule has 0 spiro atoms. The van der Waals surface area contributed by atoms with Crippen LogP contribution in [0.4, 0.5) is 14.9 Å². The molecular weight excluding hydrogens is 347 g/mol. The molecule has 1 fully saturated rings. The highest BCUT2D eigenvalue weighted by Crippen LogP contribution is 2.15. The fourth-order valence-corrected chi connectivity index (χ4v) is 2.64. The second-order valence-electron chi connectivity index (χ2n) is 6.35. The van der Waals surface area contributed by atoms with Crippen LogP contribution in [0.1, 0.15) is 26.7 Å². The fourth-order valence-electron chi connectivity index (χ4n) is 2.64. The number of rotatable bonds is 4. The van der Waals surface area contributed by atoms with Crippen LogP contribution >= 0.6 is 12.4 Å². The van der Waals surface area contributed by atoms with Gasteiger partial charge in [-0.2, -0.15) is 0 Å². The molecule has 1 heterocycles. The molecule has 0 bridgehead atoms. The van der Waals surface area contributed by atoms with Crippen molar-refractivity contribution in [1.82, 2.24) is 10.2 Å². The minimum absolute atomic E-state index is 0. The van der Waals surface area contributed by atoms with Crippen LogP contribution in [-0.2, 0) is 4.79 Å². The van der Waals surface area contributed by atoms with Gasteiger partial charge >= 0.3 is 6.03 Å². The van der Waals surface area contributed by atoms with Gasteiger partial charge in [0.05, 0.1) is 5.92 Å². The molecule has 3 amide bonds. The maximum Gasteiger partial charge on any atom is 0.319 e. The molecule has 140 valence electrons. The van der Waals surface area contributed by atoms with Gasteiger partial charge < -0.3 is 21.3 Å². The molecule has 6 nitrogen and oxygen atoms in total. The number of anilines is 1. The van der Waals surface area contributed by atoms with Gasteiger partial charge in [-0.3, -0.25) is 4.79 Å². The molecule has 8 heteroatoms. The van der Waals surface area contributed by atoms with Gasteiger partial charge in [-0.15, -0.1) is 12.4 Å². The first-order valence-electron chi connectivity index (χ1n) is 8.24. The molecule has 1 aliphatic rings. The summed E-state index contributed by atoms with van der Waals surface area (Å²) < 4.78 is 12.8. The first-order chi connectivity index (χ1) is 11.4. The summed E-state index contributed by atoms with van der Waals surface area (Å²) in [5.41, 5.74) is 6.32. The van der Waals surface area contributed by atoms with Crippen molar-refractivity contribution in [1.29, 1.82) is 0 Å². The SMILES string of the molecule is CC(N)C(C)C(=O)N1CCC(NC(=O)Nc2ccc(F)cc2)CC1.Cl. The molecule has 1 aromatic carbocycles. The Kier molecular flexibility index (Phi) is 8.12. The number of carbonyl (C=O) groups excluding carboxylic acids is 2. The predicted molar refractivity (Wildman–Crippen MR) is 98.2 cm³/mol. The molecule has 0 radical (unpaired) electrons. The zero-order chi connectivity index (χ0) is 17.7. The lowest BCUT2D eigenvalue weighted by Crippen LogP contribution is -2.50. The van der Waals surface area contributed by atoms with E-state index in [2.05, 4.69) is 10.6 Å². The van der Waals surface area contributed by atoms with Gasteiger partial charge in [0.25, 0.3) is 0 Å². The Balaban J connectivity index is 0.00000312. The van der Waals surface area contributed by atoms with E-state index in [0.717, 1.165) is 0 Å². The molecule has 1 saturated heterocycles. The third-order valence-electron chi connectivity index (χ3n) is 4.42. The summed E-state index contributed by atoms with van der Waals surface area (Å²) in [4.78, 5) is 26.0. The van der Waals surface area contributed by atoms with E-state index in [4.69, 9.17) is 5.73 Å². The van der Waals surface area contributed by atoms with Crippen molar-refractivity contribution in [2.45, 2.75) is 38.8 Å². The Morgan fingerprint density at radius 2 is 1.76 bits per heavy atom. The van der Waals surface area contributed by atoms with E-state index in [-0.39, 0.29) is 48.2 Å². The molecule has 0 aromatic heterocycles. The Morgan fingerprint density at radius 3 is 2.28 bits per heavy atom. The Morgan fingerprint density at radius 1 is 1.20 bits per heavy atom. The van der Waals surface area contributed by atoms with Crippen molar-refractivity contribution < 1.29 is 14.0 Å². The average Bonchev–Trinajstić information content (AvgIpc) is 2.56. The zero-order valence-corrected chi connectivity index (χ0v) is 15.3. The molecule has 0 saturated carbocycles. The fraction of sp³-hybridized carbons (Fsp3) is 0.529. The maximum atomic E-state index is 12.8. The summed E-state index contributed by atoms with van der Waals surface area (Å²) in [7, 11) is 0. The van der Waals surface area contributed by atoms with Crippen LogP contribution in [-0.4, -0.2) is 42.0 Å². The first-order valence-corrected chi connectivity index (χ1v) is 8.24. The van der Waals surface area contributed by atoms with Crippen LogP contribution in [0.25, 0.3) is 0 Å². The lowest BCUT2D eigenvalue weighted by atomic mass is 9.99. The number of carbonyl (C=O) groups is 2. The minimum Gasteiger partial charge on any atom is -0.342 e. The number of nitrogens with zero attached hydrogens (tertiary/aromatic N) is 1. The van der Waals surface area contributed by atoms with Gasteiger partial charge in [0.15, 0.2) is 0 Å². The topological polar surface area (TPSA) is 87.5 Å². The Hall–Kier alpha value is -1.86. The van der Waals surface area contributed by atoms with Gasteiger partial charge in [0.2, 0.25) is 5.91 Å². The lowest BCUT2D eigenvalue weighted by Gasteiger charge is -2.34. The van der Waals surface area contributed by atoms with Crippen LogP contribution in [0.2, 0.25) is 0 Å². The number of benzene rings is 1. The highest BCUT2D eigenvalue weighted by Gasteiger charge is 2.28. The summed E-state index contributed by atoms with van der Waals surface area (Å²) in [5.74, 6) is -0.477. The molecule has 2 unspecified atom stereocenters. The number of nitrogens with one attached hydrogen (secondary N) is 2. The standard InChI is InChI=1S/C17H25FN4O2.ClH/c1-11(12(2)19)16(23)22-9-7-15(8-10-22)21-17(24)20-14-5-3-13(18)4-6-14;/h3-6,11-12,15H,7-10,19H2,1-2H3,(H2,20,21,24);1H. The molecule has 0 aliphatic carbocycles. The largest absolute Gasteiger partial charge is 0.342 e. The van der Waals surface area contributed by atoms with E-state index in [0.29, 0.717) is 31.6 Å². The molecule has 25 heavy (non-hydrogen) atoms. The van der Waals surface area contributed by atoms with E-state index in [9.17, 15) is 14.0 Å². The van der Waals surface area contributed by atoms with Crippen molar-refractivity contribution >= 4 is 30.0 Å². The van der Waals surface area contributed by atoms with Crippen molar-refractivity contribution in [2.24, 2.45) is 11.7 Å². The van der Waals surface area contributed by atoms with Gasteiger partial charge in [-0.25, -0.2) is 9.18 Å². The summed E-state index contributed by atoms with van der Waals surface area (Å²) >= 11 is 0. The predicted octanol–water partition coefficient (Wildman–Crippen LogP) is 2.34. The second kappa shape index (κ2) is 9.58. The van der Waals surface area contributed by atoms with Crippen molar-refractivity contribution in [3.8, 4) is 0 Å². The third-order valence-corrected chi connectivity index (χ3v) is 4.42. The van der Waals surface area contributed by atoms with E-state index < -0.39 is 0 Å². The number of piperidine rings is 1. The van der Waals surface area contributed by atoms with E-state index in [1.807, 2.05) is 18.7 Å². The smallest absolute Gasteiger partial charge is 0.319 e. The zero-order valence-electron chi connectivity index (χ0n) is 14.5. The number of likely N-dealkylation sites (tertiary alicyclic amines) is 1. The number of urea groups is 1. The maximum absolute atomic E-state index is 12.8. The average molecular weight is 373 g/mol. The van der Waals surface area contributed by atoms with Gasteiger partial charge in [0, 0.05) is 30.9 Å². The number of amides is 3. The highest BCUT2D eigenvalue weighted by atomic mass is 35.5. The van der Waals surface area contributed by atoms with Gasteiger partial charge in [-0.05, 0) is 44.0 Å². The van der Waals surface area contributed by atoms with E-state index in [1.165, 1.54) is 24.3 Å². The van der Waals surface area contributed by atoms with E-state index >= 15 is 0 Å². The second-order valence-corrected chi connectivity index (χ2v) is 6.35. The van der Waals surface area contributed by atoms with Crippen molar-refractivity contribution in [3.05, 3.63) is 30.1 Å².